The van der Waals surface area contributed by atoms with E-state index in [1.54, 1.807) is 0 Å². The summed E-state index contributed by atoms with van der Waals surface area (Å²) < 4.78 is 58.7. The summed E-state index contributed by atoms with van der Waals surface area (Å²) in [6, 6.07) is 7.16. The molecule has 0 spiro atoms. The third-order valence-electron chi connectivity index (χ3n) is 27.1. The van der Waals surface area contributed by atoms with Gasteiger partial charge in [-0.2, -0.15) is 0 Å². The third kappa shape index (κ3) is 54.7. The van der Waals surface area contributed by atoms with Crippen LogP contribution in [0.4, 0.5) is 0 Å². The van der Waals surface area contributed by atoms with Crippen LogP contribution in [0.1, 0.15) is 530 Å². The van der Waals surface area contributed by atoms with Crippen LogP contribution in [0.25, 0.3) is 45.4 Å². The second-order valence-corrected chi connectivity index (χ2v) is 38.7. The minimum atomic E-state index is 0.583. The second kappa shape index (κ2) is 83.8. The lowest BCUT2D eigenvalue weighted by Crippen LogP contribution is -2.11. The first-order valence-electron chi connectivity index (χ1n) is 56.3. The zero-order valence-electron chi connectivity index (χ0n) is 85.7. The number of fused-ring (bicyclic) bond motifs is 8. The molecule has 0 amide bonds. The molecule has 0 radical (unpaired) electrons. The van der Waals surface area contributed by atoms with Crippen molar-refractivity contribution < 1.29 is 37.9 Å². The number of aromatic nitrogens is 4. The Morgan fingerprint density at radius 3 is 0.797 bits per heavy atom. The first kappa shape index (κ1) is 115. The Labute approximate surface area is 790 Å². The molecule has 12 nitrogen and oxygen atoms in total. The van der Waals surface area contributed by atoms with E-state index in [0.717, 1.165) is 170 Å². The number of hydrogen-bond acceptors (Lipinski definition) is 10. The fourth-order valence-corrected chi connectivity index (χ4v) is 19.1. The fraction of sp³-hybridized carbons (Fsp3) is 0.828. The highest BCUT2D eigenvalue weighted by molar-refractivity contribution is 5.97. The number of nitrogens with one attached hydrogen (secondary N) is 1. The lowest BCUT2D eigenvalue weighted by Gasteiger charge is -2.16. The summed E-state index contributed by atoms with van der Waals surface area (Å²) >= 11 is 0. The van der Waals surface area contributed by atoms with Crippen LogP contribution in [0.5, 0.6) is 0 Å². The highest BCUT2D eigenvalue weighted by atomic mass is 16.5. The molecule has 0 aliphatic carbocycles. The van der Waals surface area contributed by atoms with Gasteiger partial charge in [-0.1, -0.05) is 415 Å². The van der Waals surface area contributed by atoms with Gasteiger partial charge in [0.25, 0.3) is 0 Å². The Kier molecular flexibility index (Phi) is 75.2. The number of hydrogen-bond donors (Lipinski definition) is 1. The molecule has 8 bridgehead atoms. The van der Waals surface area contributed by atoms with Crippen molar-refractivity contribution in [3.05, 3.63) is 68.8 Å². The van der Waals surface area contributed by atoms with Gasteiger partial charge in [-0.25, -0.2) is 9.97 Å². The zero-order valence-corrected chi connectivity index (χ0v) is 85.7. The van der Waals surface area contributed by atoms with Gasteiger partial charge in [-0.15, -0.1) is 0 Å². The number of H-pyrrole nitrogens is 1. The maximum atomic E-state index is 7.16. The highest BCUT2D eigenvalue weighted by Gasteiger charge is 2.30. The van der Waals surface area contributed by atoms with Crippen LogP contribution in [0.15, 0.2) is 18.2 Å². The number of unbranched alkanes of at least 4 members (excludes halogenated alkanes) is 56. The van der Waals surface area contributed by atoms with E-state index >= 15 is 0 Å². The van der Waals surface area contributed by atoms with Crippen LogP contribution < -0.4 is 0 Å². The van der Waals surface area contributed by atoms with Crippen molar-refractivity contribution >= 4 is 45.4 Å². The second-order valence-electron chi connectivity index (χ2n) is 38.7. The van der Waals surface area contributed by atoms with E-state index in [1.165, 1.54) is 410 Å². The molecule has 0 saturated carbocycles. The van der Waals surface area contributed by atoms with Gasteiger partial charge in [-0.05, 0) is 155 Å². The molecule has 0 fully saturated rings. The van der Waals surface area contributed by atoms with Gasteiger partial charge in [0, 0.05) is 87.1 Å². The van der Waals surface area contributed by atoms with E-state index in [0.29, 0.717) is 72.2 Å². The Balaban J connectivity index is 1.93. The predicted molar refractivity (Wildman–Crippen MR) is 556 cm³/mol. The average Bonchev–Trinajstić information content (AvgIpc) is 1.58. The summed E-state index contributed by atoms with van der Waals surface area (Å²) in [7, 11) is 0. The zero-order chi connectivity index (χ0) is 90.8. The fourth-order valence-electron chi connectivity index (χ4n) is 19.1. The lowest BCUT2D eigenvalue weighted by molar-refractivity contribution is 0.123. The third-order valence-corrected chi connectivity index (χ3v) is 27.1. The van der Waals surface area contributed by atoms with Gasteiger partial charge in [0.05, 0.1) is 81.1 Å². The van der Waals surface area contributed by atoms with E-state index in [1.807, 2.05) is 0 Å². The van der Waals surface area contributed by atoms with Crippen LogP contribution in [-0.4, -0.2) is 125 Å². The molecule has 2 aliphatic heterocycles. The van der Waals surface area contributed by atoms with Gasteiger partial charge in [-0.3, -0.25) is 0 Å². The van der Waals surface area contributed by atoms with Crippen LogP contribution in [0.3, 0.4) is 0 Å². The molecule has 5 rings (SSSR count). The van der Waals surface area contributed by atoms with Crippen molar-refractivity contribution in [2.75, 3.05) is 106 Å². The summed E-state index contributed by atoms with van der Waals surface area (Å²) in [5.74, 6) is 0. The maximum Gasteiger partial charge on any atom is 0.0727 e. The summed E-state index contributed by atoms with van der Waals surface area (Å²) in [5, 5.41) is 0. The topological polar surface area (TPSA) is 120 Å². The lowest BCUT2D eigenvalue weighted by atomic mass is 9.93. The molecule has 738 valence electrons. The van der Waals surface area contributed by atoms with Crippen LogP contribution >= 0.6 is 0 Å². The minimum Gasteiger partial charge on any atom is -0.381 e. The summed E-state index contributed by atoms with van der Waals surface area (Å²) in [6.45, 7) is 30.3. The molecule has 0 aromatic carbocycles. The van der Waals surface area contributed by atoms with E-state index in [2.05, 4.69) is 95.3 Å². The van der Waals surface area contributed by atoms with Crippen molar-refractivity contribution in [2.24, 2.45) is 0 Å². The van der Waals surface area contributed by atoms with Gasteiger partial charge >= 0.3 is 0 Å². The van der Waals surface area contributed by atoms with Gasteiger partial charge in [0.15, 0.2) is 0 Å². The average molecular weight is 1780 g/mol. The number of ether oxygens (including phenoxy) is 8. The van der Waals surface area contributed by atoms with Crippen LogP contribution in [0.2, 0.25) is 0 Å². The van der Waals surface area contributed by atoms with Crippen molar-refractivity contribution in [3.63, 3.8) is 0 Å². The molecule has 12 heteroatoms. The Bertz CT molecular complexity index is 3280. The number of rotatable bonds is 96. The molecule has 3 aromatic heterocycles. The molecule has 2 aliphatic rings. The molecular weight excluding hydrogens is 1580 g/mol. The number of nitrogens with zero attached hydrogens (tertiary/aromatic N) is 3. The SMILES string of the molecule is CCCCCCCCCCOCCC1=C(CCOCCCCCCCCCC)c2nc1c(CCOCCCCCCCCCC)c1[nH]c(cc3nc(cc4c(CCOCCCCCCCCCC)c(CCOCCCCCCCCCC)c(c2CCOCCCCCCCCCC)n4CCOCCCCCCCCCC)C=C3)cc1CCOCCCCCCCCCC. The summed E-state index contributed by atoms with van der Waals surface area (Å²) in [6.07, 6.45) is 91.2. The van der Waals surface area contributed by atoms with Crippen LogP contribution in [0, 0.1) is 0 Å². The van der Waals surface area contributed by atoms with Gasteiger partial charge in [0.2, 0.25) is 0 Å². The minimum absolute atomic E-state index is 0.583. The Hall–Kier alpha value is -3.72. The molecule has 1 N–H and O–H groups in total. The molecule has 0 unspecified atom stereocenters. The van der Waals surface area contributed by atoms with E-state index in [9.17, 15) is 0 Å². The van der Waals surface area contributed by atoms with Crippen molar-refractivity contribution in [1.82, 2.24) is 19.5 Å². The predicted octanol–water partition coefficient (Wildman–Crippen LogP) is 34.6. The number of aromatic amines is 1. The molecule has 5 heterocycles. The molecule has 128 heavy (non-hydrogen) atoms. The quantitative estimate of drug-likeness (QED) is 0.0428. The first-order valence-corrected chi connectivity index (χ1v) is 56.3. The molecule has 0 saturated heterocycles. The normalized spacial score (nSPS) is 12.3. The molecule has 0 atom stereocenters. The van der Waals surface area contributed by atoms with Gasteiger partial charge in [0.1, 0.15) is 0 Å². The first-order chi connectivity index (χ1) is 63.5. The van der Waals surface area contributed by atoms with Crippen molar-refractivity contribution in [3.8, 4) is 0 Å². The van der Waals surface area contributed by atoms with Gasteiger partial charge < -0.3 is 47.4 Å². The van der Waals surface area contributed by atoms with E-state index in [4.69, 9.17) is 47.9 Å². The van der Waals surface area contributed by atoms with E-state index in [-0.39, 0.29) is 0 Å². The standard InChI is InChI=1S/C116H206N4O8/c1-9-17-25-33-41-49-57-65-83-121-91-75-102-99-105-100-103-73-74-104(117-103)101-112-106(76-92-122-84-66-58-50-42-34-26-18-10-2)109(79-95-125-87-69-61-53-45-37-29-21-13-5)116(120(112)82-98-128-90-72-64-56-48-40-32-24-16-8)111(81-97-127-89-71-63-55-47-39-31-23-15-7)115-108(78-94-124-86-68-60-52-44-36-28-20-12-4)107(77-93-123-85-67-59-51-43-35-27-19-11-3)114(119-115)110(113(102)118-105)80-96-126-88-70-62-54-46-38-30-22-14-6/h73-74,99-101,118H,9-72,75-98H2,1-8H3. The molecular formula is C116H206N4O8. The Morgan fingerprint density at radius 1 is 0.227 bits per heavy atom. The molecule has 3 aromatic rings. The largest absolute Gasteiger partial charge is 0.381 e. The van der Waals surface area contributed by atoms with Crippen LogP contribution in [-0.2, 0) is 76.5 Å². The summed E-state index contributed by atoms with van der Waals surface area (Å²) in [5.41, 5.74) is 17.8. The van der Waals surface area contributed by atoms with Crippen molar-refractivity contribution in [1.29, 1.82) is 0 Å². The van der Waals surface area contributed by atoms with Crippen molar-refractivity contribution in [2.45, 2.75) is 518 Å². The smallest absolute Gasteiger partial charge is 0.0727 e. The highest BCUT2D eigenvalue weighted by Crippen LogP contribution is 2.43. The van der Waals surface area contributed by atoms with E-state index < -0.39 is 0 Å². The summed E-state index contributed by atoms with van der Waals surface area (Å²) in [4.78, 5) is 16.4. The maximum absolute atomic E-state index is 7.16. The monoisotopic (exact) mass is 1780 g/mol. The Morgan fingerprint density at radius 2 is 0.477 bits per heavy atom.